The zero-order valence-corrected chi connectivity index (χ0v) is 11.1. The van der Waals surface area contributed by atoms with Crippen molar-refractivity contribution in [3.63, 3.8) is 0 Å². The Hall–Kier alpha value is -0.710. The summed E-state index contributed by atoms with van der Waals surface area (Å²) in [5.41, 5.74) is 1.07. The minimum Gasteiger partial charge on any atom is -0.383 e. The third kappa shape index (κ3) is 2.94. The first kappa shape index (κ1) is 12.7. The lowest BCUT2D eigenvalue weighted by atomic mass is 10.2. The van der Waals surface area contributed by atoms with Crippen molar-refractivity contribution < 1.29 is 9.53 Å². The van der Waals surface area contributed by atoms with Crippen LogP contribution in [-0.4, -0.2) is 36.8 Å². The molecule has 92 valence electrons. The number of benzene rings is 1. The first-order valence-electron chi connectivity index (χ1n) is 5.38. The number of methoxy groups -OCH3 is 1. The van der Waals surface area contributed by atoms with Crippen molar-refractivity contribution in [2.45, 2.75) is 5.37 Å². The molecular formula is C12H14ClNO2S. The lowest BCUT2D eigenvalue weighted by Crippen LogP contribution is -2.31. The van der Waals surface area contributed by atoms with E-state index in [0.717, 1.165) is 5.56 Å². The molecular weight excluding hydrogens is 258 g/mol. The van der Waals surface area contributed by atoms with Gasteiger partial charge in [0.05, 0.1) is 12.4 Å². The maximum absolute atomic E-state index is 11.8. The van der Waals surface area contributed by atoms with Gasteiger partial charge in [0, 0.05) is 18.7 Å². The number of rotatable bonds is 4. The number of thioether (sulfide) groups is 1. The molecule has 0 saturated carbocycles. The van der Waals surface area contributed by atoms with Crippen molar-refractivity contribution in [1.29, 1.82) is 0 Å². The molecule has 2 rings (SSSR count). The average molecular weight is 272 g/mol. The first-order valence-corrected chi connectivity index (χ1v) is 6.80. The molecule has 1 aliphatic rings. The van der Waals surface area contributed by atoms with Crippen molar-refractivity contribution in [2.24, 2.45) is 0 Å². The summed E-state index contributed by atoms with van der Waals surface area (Å²) < 4.78 is 5.03. The molecule has 3 nitrogen and oxygen atoms in total. The fraction of sp³-hybridized carbons (Fsp3) is 0.417. The van der Waals surface area contributed by atoms with Crippen molar-refractivity contribution in [3.8, 4) is 0 Å². The van der Waals surface area contributed by atoms with Crippen LogP contribution in [0.2, 0.25) is 5.02 Å². The molecule has 1 saturated heterocycles. The van der Waals surface area contributed by atoms with Gasteiger partial charge in [0.1, 0.15) is 5.37 Å². The van der Waals surface area contributed by atoms with Crippen LogP contribution in [-0.2, 0) is 9.53 Å². The molecule has 1 atom stereocenters. The van der Waals surface area contributed by atoms with E-state index in [2.05, 4.69) is 0 Å². The van der Waals surface area contributed by atoms with Crippen LogP contribution < -0.4 is 0 Å². The number of carbonyl (C=O) groups excluding carboxylic acids is 1. The van der Waals surface area contributed by atoms with E-state index < -0.39 is 0 Å². The molecule has 0 bridgehead atoms. The first-order chi connectivity index (χ1) is 8.22. The SMILES string of the molecule is COCCN1C(=O)CSC1c1cccc(Cl)c1. The summed E-state index contributed by atoms with van der Waals surface area (Å²) in [7, 11) is 1.64. The van der Waals surface area contributed by atoms with E-state index in [1.54, 1.807) is 18.9 Å². The predicted molar refractivity (Wildman–Crippen MR) is 70.2 cm³/mol. The van der Waals surface area contributed by atoms with Crippen molar-refractivity contribution in [1.82, 2.24) is 4.90 Å². The number of ether oxygens (including phenoxy) is 1. The van der Waals surface area contributed by atoms with Gasteiger partial charge in [-0.3, -0.25) is 4.79 Å². The normalized spacial score (nSPS) is 20.0. The van der Waals surface area contributed by atoms with E-state index >= 15 is 0 Å². The molecule has 1 aromatic rings. The smallest absolute Gasteiger partial charge is 0.233 e. The summed E-state index contributed by atoms with van der Waals surface area (Å²) >= 11 is 7.61. The lowest BCUT2D eigenvalue weighted by molar-refractivity contribution is -0.128. The molecule has 1 amide bonds. The van der Waals surface area contributed by atoms with Crippen LogP contribution in [0.15, 0.2) is 24.3 Å². The standard InChI is InChI=1S/C12H14ClNO2S/c1-16-6-5-14-11(15)8-17-12(14)9-3-2-4-10(13)7-9/h2-4,7,12H,5-6,8H2,1H3. The Morgan fingerprint density at radius 1 is 1.59 bits per heavy atom. The number of hydrogen-bond acceptors (Lipinski definition) is 3. The summed E-state index contributed by atoms with van der Waals surface area (Å²) in [6.07, 6.45) is 0. The molecule has 17 heavy (non-hydrogen) atoms. The average Bonchev–Trinajstić information content (AvgIpc) is 2.68. The van der Waals surface area contributed by atoms with Crippen LogP contribution in [0, 0.1) is 0 Å². The Kier molecular flexibility index (Phi) is 4.31. The third-order valence-electron chi connectivity index (χ3n) is 2.64. The highest BCUT2D eigenvalue weighted by Crippen LogP contribution is 2.38. The minimum atomic E-state index is 0.0661. The highest BCUT2D eigenvalue weighted by molar-refractivity contribution is 8.00. The maximum atomic E-state index is 11.8. The molecule has 1 unspecified atom stereocenters. The van der Waals surface area contributed by atoms with Crippen molar-refractivity contribution >= 4 is 29.3 Å². The van der Waals surface area contributed by atoms with Crippen LogP contribution >= 0.6 is 23.4 Å². The van der Waals surface area contributed by atoms with Crippen molar-refractivity contribution in [2.75, 3.05) is 26.0 Å². The second kappa shape index (κ2) is 5.76. The van der Waals surface area contributed by atoms with Gasteiger partial charge in [0.2, 0.25) is 5.91 Å². The summed E-state index contributed by atoms with van der Waals surface area (Å²) in [4.78, 5) is 13.6. The number of nitrogens with zero attached hydrogens (tertiary/aromatic N) is 1. The molecule has 0 radical (unpaired) electrons. The van der Waals surface area contributed by atoms with E-state index in [1.807, 2.05) is 29.2 Å². The molecule has 1 aliphatic heterocycles. The number of carbonyl (C=O) groups is 1. The summed E-state index contributed by atoms with van der Waals surface area (Å²) in [5, 5.41) is 0.769. The molecule has 0 spiro atoms. The fourth-order valence-electron chi connectivity index (χ4n) is 1.82. The number of halogens is 1. The predicted octanol–water partition coefficient (Wildman–Crippen LogP) is 2.56. The van der Waals surface area contributed by atoms with Crippen LogP contribution in [0.25, 0.3) is 0 Å². The van der Waals surface area contributed by atoms with Crippen LogP contribution in [0.4, 0.5) is 0 Å². The van der Waals surface area contributed by atoms with Gasteiger partial charge in [-0.25, -0.2) is 0 Å². The van der Waals surface area contributed by atoms with E-state index in [0.29, 0.717) is 23.9 Å². The Labute approximate surface area is 110 Å². The summed E-state index contributed by atoms with van der Waals surface area (Å²) in [5.74, 6) is 0.693. The molecule has 1 fully saturated rings. The molecule has 1 aromatic carbocycles. The second-order valence-corrected chi connectivity index (χ2v) is 5.30. The van der Waals surface area contributed by atoms with Gasteiger partial charge in [-0.2, -0.15) is 0 Å². The molecule has 0 N–H and O–H groups in total. The number of amides is 1. The topological polar surface area (TPSA) is 29.5 Å². The second-order valence-electron chi connectivity index (χ2n) is 3.80. The van der Waals surface area contributed by atoms with Gasteiger partial charge in [-0.1, -0.05) is 23.7 Å². The van der Waals surface area contributed by atoms with Crippen molar-refractivity contribution in [3.05, 3.63) is 34.9 Å². The van der Waals surface area contributed by atoms with Gasteiger partial charge in [-0.05, 0) is 17.7 Å². The fourth-order valence-corrected chi connectivity index (χ4v) is 3.23. The number of hydrogen-bond donors (Lipinski definition) is 0. The molecule has 0 aromatic heterocycles. The van der Waals surface area contributed by atoms with Gasteiger partial charge in [0.25, 0.3) is 0 Å². The van der Waals surface area contributed by atoms with E-state index in [1.165, 1.54) is 0 Å². The summed E-state index contributed by atoms with van der Waals surface area (Å²) in [6.45, 7) is 1.18. The zero-order valence-electron chi connectivity index (χ0n) is 9.56. The van der Waals surface area contributed by atoms with E-state index in [4.69, 9.17) is 16.3 Å². The largest absolute Gasteiger partial charge is 0.383 e. The van der Waals surface area contributed by atoms with Gasteiger partial charge in [-0.15, -0.1) is 11.8 Å². The monoisotopic (exact) mass is 271 g/mol. The molecule has 0 aliphatic carbocycles. The molecule has 1 heterocycles. The third-order valence-corrected chi connectivity index (χ3v) is 4.13. The van der Waals surface area contributed by atoms with E-state index in [-0.39, 0.29) is 11.3 Å². The Morgan fingerprint density at radius 3 is 3.12 bits per heavy atom. The van der Waals surface area contributed by atoms with Crippen LogP contribution in [0.1, 0.15) is 10.9 Å². The highest BCUT2D eigenvalue weighted by atomic mass is 35.5. The zero-order chi connectivity index (χ0) is 12.3. The Bertz CT molecular complexity index is 413. The Balaban J connectivity index is 2.16. The molecule has 5 heteroatoms. The van der Waals surface area contributed by atoms with Gasteiger partial charge < -0.3 is 9.64 Å². The van der Waals surface area contributed by atoms with Gasteiger partial charge in [0.15, 0.2) is 0 Å². The van der Waals surface area contributed by atoms with Gasteiger partial charge >= 0.3 is 0 Å². The maximum Gasteiger partial charge on any atom is 0.233 e. The van der Waals surface area contributed by atoms with Crippen LogP contribution in [0.5, 0.6) is 0 Å². The Morgan fingerprint density at radius 2 is 2.41 bits per heavy atom. The summed E-state index contributed by atoms with van der Waals surface area (Å²) in [6, 6.07) is 7.67. The van der Waals surface area contributed by atoms with E-state index in [9.17, 15) is 4.79 Å². The minimum absolute atomic E-state index is 0.0661. The quantitative estimate of drug-likeness (QED) is 0.843. The lowest BCUT2D eigenvalue weighted by Gasteiger charge is -2.23. The van der Waals surface area contributed by atoms with Crippen LogP contribution in [0.3, 0.4) is 0 Å². The highest BCUT2D eigenvalue weighted by Gasteiger charge is 2.32.